The van der Waals surface area contributed by atoms with Gasteiger partial charge in [-0.25, -0.2) is 18.7 Å². The van der Waals surface area contributed by atoms with Gasteiger partial charge in [0, 0.05) is 52.3 Å². The molecule has 6 aromatic heterocycles. The summed E-state index contributed by atoms with van der Waals surface area (Å²) in [5.74, 6) is -4.79. The molecular weight excluding hydrogens is 527 g/mol. The Balaban J connectivity index is 0.000000146. The van der Waals surface area contributed by atoms with Gasteiger partial charge in [-0.15, -0.1) is 0 Å². The van der Waals surface area contributed by atoms with Crippen molar-refractivity contribution < 1.29 is 27.6 Å². The first kappa shape index (κ1) is 28.1. The Bertz CT molecular complexity index is 1780. The molecular formula is C27H19BF4N6O2. The summed E-state index contributed by atoms with van der Waals surface area (Å²) >= 11 is 0. The molecule has 0 aliphatic carbocycles. The molecule has 0 aromatic carbocycles. The molecule has 6 heterocycles. The molecule has 0 spiro atoms. The van der Waals surface area contributed by atoms with E-state index in [2.05, 4.69) is 29.9 Å². The average molecular weight is 546 g/mol. The Morgan fingerprint density at radius 3 is 1.82 bits per heavy atom. The molecule has 0 unspecified atom stereocenters. The van der Waals surface area contributed by atoms with E-state index in [-0.39, 0.29) is 5.56 Å². The van der Waals surface area contributed by atoms with E-state index in [1.165, 1.54) is 18.5 Å². The van der Waals surface area contributed by atoms with Crippen molar-refractivity contribution in [3.63, 3.8) is 0 Å². The van der Waals surface area contributed by atoms with Crippen molar-refractivity contribution in [1.29, 1.82) is 0 Å². The molecule has 0 bridgehead atoms. The van der Waals surface area contributed by atoms with Crippen LogP contribution in [0.1, 0.15) is 5.69 Å². The summed E-state index contributed by atoms with van der Waals surface area (Å²) in [5, 5.41) is 18.9. The predicted octanol–water partition coefficient (Wildman–Crippen LogP) is 3.95. The molecule has 40 heavy (non-hydrogen) atoms. The fourth-order valence-electron chi connectivity index (χ4n) is 3.45. The van der Waals surface area contributed by atoms with E-state index in [9.17, 15) is 17.6 Å². The molecule has 0 aliphatic heterocycles. The first-order chi connectivity index (χ1) is 19.2. The largest absolute Gasteiger partial charge is 0.491 e. The summed E-state index contributed by atoms with van der Waals surface area (Å²) < 4.78 is 51.4. The van der Waals surface area contributed by atoms with Crippen LogP contribution in [0.25, 0.3) is 33.1 Å². The molecule has 6 rings (SSSR count). The van der Waals surface area contributed by atoms with E-state index in [0.717, 1.165) is 34.2 Å². The highest BCUT2D eigenvalue weighted by molar-refractivity contribution is 6.58. The van der Waals surface area contributed by atoms with Crippen LogP contribution in [0.3, 0.4) is 0 Å². The van der Waals surface area contributed by atoms with Gasteiger partial charge < -0.3 is 10.0 Å². The summed E-state index contributed by atoms with van der Waals surface area (Å²) in [6.07, 6.45) is 8.92. The van der Waals surface area contributed by atoms with Crippen molar-refractivity contribution in [3.8, 4) is 11.3 Å². The molecule has 0 saturated heterocycles. The van der Waals surface area contributed by atoms with E-state index in [4.69, 9.17) is 10.0 Å². The Hall–Kier alpha value is -4.88. The quantitative estimate of drug-likeness (QED) is 0.191. The lowest BCUT2D eigenvalue weighted by Gasteiger charge is -2.04. The first-order valence-corrected chi connectivity index (χ1v) is 11.6. The van der Waals surface area contributed by atoms with E-state index < -0.39 is 36.1 Å². The molecule has 8 nitrogen and oxygen atoms in total. The number of nitrogens with zero attached hydrogens (tertiary/aromatic N) is 6. The number of rotatable bonds is 2. The van der Waals surface area contributed by atoms with Crippen LogP contribution in [-0.4, -0.2) is 47.1 Å². The maximum absolute atomic E-state index is 13.6. The third-order valence-corrected chi connectivity index (χ3v) is 5.39. The monoisotopic (exact) mass is 546 g/mol. The number of pyridine rings is 6. The van der Waals surface area contributed by atoms with Crippen molar-refractivity contribution in [3.05, 3.63) is 115 Å². The second-order valence-corrected chi connectivity index (χ2v) is 8.13. The minimum atomic E-state index is -2.01. The third-order valence-electron chi connectivity index (χ3n) is 5.39. The summed E-state index contributed by atoms with van der Waals surface area (Å²) in [4.78, 5) is 22.7. The first-order valence-electron chi connectivity index (χ1n) is 11.6. The molecule has 200 valence electrons. The van der Waals surface area contributed by atoms with Gasteiger partial charge in [0.2, 0.25) is 11.9 Å². The van der Waals surface area contributed by atoms with Gasteiger partial charge in [-0.2, -0.15) is 8.78 Å². The molecule has 0 aliphatic rings. The average Bonchev–Trinajstić information content (AvgIpc) is 2.96. The van der Waals surface area contributed by atoms with Gasteiger partial charge in [-0.05, 0) is 43.3 Å². The highest BCUT2D eigenvalue weighted by Crippen LogP contribution is 2.24. The normalized spacial score (nSPS) is 10.4. The SMILES string of the molecule is Cc1cc2cccnc2cn1.Fc1nccc(-c2cc3cccnc3cn2)c1F.OB(O)c1ccnc(F)c1F. The van der Waals surface area contributed by atoms with Crippen LogP contribution in [0.4, 0.5) is 17.6 Å². The Kier molecular flexibility index (Phi) is 8.99. The zero-order valence-corrected chi connectivity index (χ0v) is 20.7. The van der Waals surface area contributed by atoms with E-state index in [0.29, 0.717) is 11.2 Å². The second-order valence-electron chi connectivity index (χ2n) is 8.13. The van der Waals surface area contributed by atoms with Gasteiger partial charge in [-0.3, -0.25) is 19.9 Å². The predicted molar refractivity (Wildman–Crippen MR) is 141 cm³/mol. The summed E-state index contributed by atoms with van der Waals surface area (Å²) in [6, 6.07) is 13.7. The van der Waals surface area contributed by atoms with Gasteiger partial charge in [-0.1, -0.05) is 12.1 Å². The summed E-state index contributed by atoms with van der Waals surface area (Å²) in [7, 11) is -2.01. The zero-order valence-electron chi connectivity index (χ0n) is 20.7. The van der Waals surface area contributed by atoms with Crippen LogP contribution in [0.15, 0.2) is 85.7 Å². The standard InChI is InChI=1S/C13H7F2N3.C9H8N2.C5H4BF2NO2/c14-12-9(3-5-17-13(12)15)10-6-8-2-1-4-16-11(8)7-18-10;1-7-5-8-3-2-4-10-9(8)6-11-7;7-4-3(6(10)11)1-2-9-5(4)8/h1-7H;2-6H,1H3;1-2,10-11H. The van der Waals surface area contributed by atoms with Gasteiger partial charge >= 0.3 is 7.12 Å². The summed E-state index contributed by atoms with van der Waals surface area (Å²) in [6.45, 7) is 1.98. The molecule has 6 aromatic rings. The number of halogens is 4. The fraction of sp³-hybridized carbons (Fsp3) is 0.0370. The molecule has 2 N–H and O–H groups in total. The topological polar surface area (TPSA) is 118 Å². The Morgan fingerprint density at radius 2 is 1.20 bits per heavy atom. The molecule has 0 fully saturated rings. The van der Waals surface area contributed by atoms with Gasteiger partial charge in [0.15, 0.2) is 11.6 Å². The molecule has 0 radical (unpaired) electrons. The van der Waals surface area contributed by atoms with Crippen molar-refractivity contribution in [2.24, 2.45) is 0 Å². The van der Waals surface area contributed by atoms with Crippen molar-refractivity contribution in [2.45, 2.75) is 6.92 Å². The maximum Gasteiger partial charge on any atom is 0.491 e. The fourth-order valence-corrected chi connectivity index (χ4v) is 3.45. The smallest absolute Gasteiger partial charge is 0.423 e. The Labute approximate surface area is 225 Å². The van der Waals surface area contributed by atoms with E-state index in [1.807, 2.05) is 31.2 Å². The lowest BCUT2D eigenvalue weighted by Crippen LogP contribution is -2.33. The summed E-state index contributed by atoms with van der Waals surface area (Å²) in [5.41, 5.74) is 2.62. The zero-order chi connectivity index (χ0) is 28.6. The Morgan fingerprint density at radius 1 is 0.625 bits per heavy atom. The van der Waals surface area contributed by atoms with Gasteiger partial charge in [0.1, 0.15) is 0 Å². The number of aromatic nitrogens is 6. The number of hydrogen-bond acceptors (Lipinski definition) is 8. The number of aryl methyl sites for hydroxylation is 1. The van der Waals surface area contributed by atoms with Crippen LogP contribution < -0.4 is 5.46 Å². The molecule has 0 atom stereocenters. The minimum Gasteiger partial charge on any atom is -0.423 e. The van der Waals surface area contributed by atoms with E-state index in [1.54, 1.807) is 30.7 Å². The van der Waals surface area contributed by atoms with Crippen LogP contribution >= 0.6 is 0 Å². The van der Waals surface area contributed by atoms with Crippen LogP contribution in [-0.2, 0) is 0 Å². The highest BCUT2D eigenvalue weighted by Gasteiger charge is 2.19. The van der Waals surface area contributed by atoms with Gasteiger partial charge in [0.25, 0.3) is 0 Å². The van der Waals surface area contributed by atoms with Crippen LogP contribution in [0.2, 0.25) is 0 Å². The van der Waals surface area contributed by atoms with Crippen LogP contribution in [0, 0.1) is 30.5 Å². The molecule has 13 heteroatoms. The lowest BCUT2D eigenvalue weighted by atomic mass is 9.81. The number of fused-ring (bicyclic) bond motifs is 2. The highest BCUT2D eigenvalue weighted by atomic mass is 19.2. The molecule has 0 saturated carbocycles. The number of hydrogen-bond donors (Lipinski definition) is 2. The second kappa shape index (κ2) is 12.8. The third kappa shape index (κ3) is 6.76. The molecule has 0 amide bonds. The van der Waals surface area contributed by atoms with Crippen molar-refractivity contribution >= 4 is 34.4 Å². The minimum absolute atomic E-state index is 0.0910. The van der Waals surface area contributed by atoms with Crippen LogP contribution in [0.5, 0.6) is 0 Å². The van der Waals surface area contributed by atoms with Crippen molar-refractivity contribution in [1.82, 2.24) is 29.9 Å². The lowest BCUT2D eigenvalue weighted by molar-refractivity contribution is 0.418. The maximum atomic E-state index is 13.6. The van der Waals surface area contributed by atoms with E-state index >= 15 is 0 Å². The van der Waals surface area contributed by atoms with Gasteiger partial charge in [0.05, 0.1) is 29.1 Å². The van der Waals surface area contributed by atoms with Crippen molar-refractivity contribution in [2.75, 3.05) is 0 Å².